The number of hydrogen-bond acceptors (Lipinski definition) is 2. The number of hydrogen-bond donors (Lipinski definition) is 2. The van der Waals surface area contributed by atoms with E-state index >= 15 is 0 Å². The molecule has 2 saturated carbocycles. The van der Waals surface area contributed by atoms with E-state index in [0.717, 1.165) is 30.4 Å². The van der Waals surface area contributed by atoms with Gasteiger partial charge in [-0.2, -0.15) is 0 Å². The molecule has 2 aliphatic rings. The van der Waals surface area contributed by atoms with Crippen molar-refractivity contribution < 1.29 is 9.59 Å². The van der Waals surface area contributed by atoms with E-state index in [1.165, 1.54) is 12.8 Å². The van der Waals surface area contributed by atoms with Crippen LogP contribution in [0.3, 0.4) is 0 Å². The zero-order chi connectivity index (χ0) is 18.9. The van der Waals surface area contributed by atoms with Gasteiger partial charge in [-0.3, -0.25) is 9.59 Å². The van der Waals surface area contributed by atoms with Crippen molar-refractivity contribution in [2.45, 2.75) is 44.1 Å². The average molecular weight is 362 g/mol. The highest BCUT2D eigenvalue weighted by atomic mass is 16.2. The molecular formula is C23H26N2O2. The molecule has 0 bridgehead atoms. The summed E-state index contributed by atoms with van der Waals surface area (Å²) in [6, 6.07) is 17.7. The first-order chi connectivity index (χ1) is 13.1. The van der Waals surface area contributed by atoms with Crippen molar-refractivity contribution in [3.63, 3.8) is 0 Å². The second-order valence-corrected chi connectivity index (χ2v) is 7.90. The largest absolute Gasteiger partial charge is 0.355 e. The zero-order valence-electron chi connectivity index (χ0n) is 15.8. The van der Waals surface area contributed by atoms with Gasteiger partial charge in [0.15, 0.2) is 0 Å². The lowest BCUT2D eigenvalue weighted by atomic mass is 9.84. The van der Waals surface area contributed by atoms with Gasteiger partial charge in [0.25, 0.3) is 5.91 Å². The van der Waals surface area contributed by atoms with E-state index in [4.69, 9.17) is 0 Å². The summed E-state index contributed by atoms with van der Waals surface area (Å²) in [7, 11) is 1.62. The number of rotatable bonds is 5. The maximum Gasteiger partial charge on any atom is 0.251 e. The van der Waals surface area contributed by atoms with Crippen molar-refractivity contribution in [3.05, 3.63) is 71.3 Å². The first-order valence-corrected chi connectivity index (χ1v) is 9.76. The molecule has 1 unspecified atom stereocenters. The summed E-state index contributed by atoms with van der Waals surface area (Å²) in [5.41, 5.74) is 2.45. The Hall–Kier alpha value is -2.62. The fraction of sp³-hybridized carbons (Fsp3) is 0.391. The minimum absolute atomic E-state index is 0.115. The van der Waals surface area contributed by atoms with E-state index in [1.807, 2.05) is 36.4 Å². The molecular weight excluding hydrogens is 336 g/mol. The first kappa shape index (κ1) is 17.8. The highest BCUT2D eigenvalue weighted by molar-refractivity contribution is 5.94. The molecule has 4 rings (SSSR count). The molecule has 2 aliphatic carbocycles. The smallest absolute Gasteiger partial charge is 0.251 e. The second-order valence-electron chi connectivity index (χ2n) is 7.90. The predicted molar refractivity (Wildman–Crippen MR) is 105 cm³/mol. The summed E-state index contributed by atoms with van der Waals surface area (Å²) in [6.45, 7) is 0.439. The van der Waals surface area contributed by atoms with Crippen LogP contribution in [0, 0.1) is 5.41 Å². The van der Waals surface area contributed by atoms with Crippen molar-refractivity contribution in [1.29, 1.82) is 0 Å². The summed E-state index contributed by atoms with van der Waals surface area (Å²) < 4.78 is 0. The van der Waals surface area contributed by atoms with Gasteiger partial charge in [-0.1, -0.05) is 55.3 Å². The molecule has 2 N–H and O–H groups in total. The standard InChI is InChI=1S/C23H26N2O2/c1-24-20(26)18-9-7-8-17(14-18)15-25-21(27)23(19-10-3-2-4-11-19)16-22(23)12-5-6-13-22/h2-4,7-11,14H,5-6,12-13,15-16H2,1H3,(H,24,26)(H,25,27). The molecule has 0 radical (unpaired) electrons. The first-order valence-electron chi connectivity index (χ1n) is 9.76. The minimum atomic E-state index is -0.386. The van der Waals surface area contributed by atoms with Crippen molar-refractivity contribution in [1.82, 2.24) is 10.6 Å². The van der Waals surface area contributed by atoms with Crippen LogP contribution in [0.5, 0.6) is 0 Å². The van der Waals surface area contributed by atoms with Gasteiger partial charge in [0.05, 0.1) is 5.41 Å². The van der Waals surface area contributed by atoms with E-state index in [1.54, 1.807) is 13.1 Å². The molecule has 2 aromatic rings. The summed E-state index contributed by atoms with van der Waals surface area (Å²) in [5.74, 6) is 0.0111. The normalized spacial score (nSPS) is 22.4. The Kier molecular flexibility index (Phi) is 4.50. The molecule has 27 heavy (non-hydrogen) atoms. The molecule has 1 atom stereocenters. The van der Waals surface area contributed by atoms with Gasteiger partial charge >= 0.3 is 0 Å². The van der Waals surface area contributed by atoms with Gasteiger partial charge in [0.1, 0.15) is 0 Å². The predicted octanol–water partition coefficient (Wildman–Crippen LogP) is 3.56. The molecule has 0 aromatic heterocycles. The van der Waals surface area contributed by atoms with E-state index in [2.05, 4.69) is 22.8 Å². The quantitative estimate of drug-likeness (QED) is 0.854. The minimum Gasteiger partial charge on any atom is -0.355 e. The highest BCUT2D eigenvalue weighted by Gasteiger charge is 2.72. The van der Waals surface area contributed by atoms with Crippen LogP contribution >= 0.6 is 0 Å². The third-order valence-corrected chi connectivity index (χ3v) is 6.47. The molecule has 140 valence electrons. The lowest BCUT2D eigenvalue weighted by Gasteiger charge is -2.23. The molecule has 0 saturated heterocycles. The SMILES string of the molecule is CNC(=O)c1cccc(CNC(=O)C2(c3ccccc3)CC23CCCC3)c1. The van der Waals surface area contributed by atoms with Crippen LogP contribution in [0.1, 0.15) is 53.6 Å². The Labute approximate surface area is 160 Å². The Morgan fingerprint density at radius 1 is 1.00 bits per heavy atom. The van der Waals surface area contributed by atoms with Crippen LogP contribution in [0.15, 0.2) is 54.6 Å². The molecule has 2 fully saturated rings. The van der Waals surface area contributed by atoms with E-state index in [0.29, 0.717) is 12.1 Å². The highest BCUT2D eigenvalue weighted by Crippen LogP contribution is 2.72. The van der Waals surface area contributed by atoms with Crippen molar-refractivity contribution >= 4 is 11.8 Å². The van der Waals surface area contributed by atoms with E-state index in [9.17, 15) is 9.59 Å². The summed E-state index contributed by atoms with van der Waals surface area (Å²) in [6.07, 6.45) is 5.67. The second kappa shape index (κ2) is 6.84. The number of carbonyl (C=O) groups is 2. The Morgan fingerprint density at radius 3 is 2.44 bits per heavy atom. The number of benzene rings is 2. The van der Waals surface area contributed by atoms with Crippen LogP contribution in [0.2, 0.25) is 0 Å². The summed E-state index contributed by atoms with van der Waals surface area (Å²) >= 11 is 0. The average Bonchev–Trinajstić information content (AvgIpc) is 3.13. The van der Waals surface area contributed by atoms with Crippen molar-refractivity contribution in [2.24, 2.45) is 5.41 Å². The Morgan fingerprint density at radius 2 is 1.74 bits per heavy atom. The Balaban J connectivity index is 1.54. The van der Waals surface area contributed by atoms with Crippen LogP contribution in [-0.2, 0) is 16.8 Å². The lowest BCUT2D eigenvalue weighted by molar-refractivity contribution is -0.124. The van der Waals surface area contributed by atoms with Gasteiger partial charge in [-0.25, -0.2) is 0 Å². The van der Waals surface area contributed by atoms with Gasteiger partial charge < -0.3 is 10.6 Å². The molecule has 1 spiro atoms. The van der Waals surface area contributed by atoms with E-state index < -0.39 is 0 Å². The number of carbonyl (C=O) groups excluding carboxylic acids is 2. The van der Waals surface area contributed by atoms with Crippen molar-refractivity contribution in [2.75, 3.05) is 7.05 Å². The van der Waals surface area contributed by atoms with Gasteiger partial charge in [-0.05, 0) is 47.9 Å². The zero-order valence-corrected chi connectivity index (χ0v) is 15.8. The van der Waals surface area contributed by atoms with E-state index in [-0.39, 0.29) is 22.6 Å². The topological polar surface area (TPSA) is 58.2 Å². The number of amides is 2. The molecule has 4 heteroatoms. The molecule has 4 nitrogen and oxygen atoms in total. The fourth-order valence-corrected chi connectivity index (χ4v) is 5.00. The fourth-order valence-electron chi connectivity index (χ4n) is 5.00. The monoisotopic (exact) mass is 362 g/mol. The van der Waals surface area contributed by atoms with Crippen molar-refractivity contribution in [3.8, 4) is 0 Å². The molecule has 2 amide bonds. The molecule has 0 aliphatic heterocycles. The van der Waals surface area contributed by atoms with Gasteiger partial charge in [0.2, 0.25) is 5.91 Å². The molecule has 2 aromatic carbocycles. The Bertz CT molecular complexity index is 856. The van der Waals surface area contributed by atoms with Crippen LogP contribution in [0.4, 0.5) is 0 Å². The third-order valence-electron chi connectivity index (χ3n) is 6.47. The lowest BCUT2D eigenvalue weighted by Crippen LogP contribution is -2.38. The third kappa shape index (κ3) is 2.93. The van der Waals surface area contributed by atoms with Gasteiger partial charge in [0, 0.05) is 19.2 Å². The molecule has 0 heterocycles. The van der Waals surface area contributed by atoms with Crippen LogP contribution < -0.4 is 10.6 Å². The van der Waals surface area contributed by atoms with Crippen LogP contribution in [0.25, 0.3) is 0 Å². The maximum atomic E-state index is 13.3. The number of nitrogens with one attached hydrogen (secondary N) is 2. The summed E-state index contributed by atoms with van der Waals surface area (Å²) in [4.78, 5) is 25.2. The van der Waals surface area contributed by atoms with Gasteiger partial charge in [-0.15, -0.1) is 0 Å². The van der Waals surface area contributed by atoms with Crippen LogP contribution in [-0.4, -0.2) is 18.9 Å². The summed E-state index contributed by atoms with van der Waals surface area (Å²) in [5, 5.41) is 5.80. The maximum absolute atomic E-state index is 13.3.